The molecule has 9 heteroatoms. The number of amides is 2. The molecule has 0 saturated carbocycles. The molecule has 3 heterocycles. The first-order chi connectivity index (χ1) is 12.6. The Bertz CT molecular complexity index is 884. The number of aromatic nitrogens is 6. The molecule has 0 unspecified atom stereocenters. The summed E-state index contributed by atoms with van der Waals surface area (Å²) < 4.78 is 1.91. The SMILES string of the molecule is CCCn1nc(C)c(NC(=O)NCc2nc(-c3ccncc3)n[nH]2)c1C. The number of aryl methyl sites for hydroxylation is 2. The van der Waals surface area contributed by atoms with Gasteiger partial charge in [0, 0.05) is 24.5 Å². The third-order valence-electron chi connectivity index (χ3n) is 3.94. The van der Waals surface area contributed by atoms with Gasteiger partial charge in [0.2, 0.25) is 0 Å². The molecule has 3 rings (SSSR count). The molecule has 0 radical (unpaired) electrons. The zero-order valence-corrected chi connectivity index (χ0v) is 15.1. The van der Waals surface area contributed by atoms with Gasteiger partial charge in [-0.25, -0.2) is 9.78 Å². The van der Waals surface area contributed by atoms with Crippen molar-refractivity contribution in [1.82, 2.24) is 35.3 Å². The highest BCUT2D eigenvalue weighted by Gasteiger charge is 2.14. The Labute approximate surface area is 151 Å². The molecule has 0 aliphatic rings. The lowest BCUT2D eigenvalue weighted by Crippen LogP contribution is -2.29. The quantitative estimate of drug-likeness (QED) is 0.629. The van der Waals surface area contributed by atoms with E-state index in [1.54, 1.807) is 12.4 Å². The van der Waals surface area contributed by atoms with Crippen LogP contribution in [0.4, 0.5) is 10.5 Å². The fourth-order valence-electron chi connectivity index (χ4n) is 2.63. The molecule has 0 atom stereocenters. The van der Waals surface area contributed by atoms with E-state index in [-0.39, 0.29) is 12.6 Å². The van der Waals surface area contributed by atoms with Crippen LogP contribution in [-0.2, 0) is 13.1 Å². The molecular weight excluding hydrogens is 332 g/mol. The number of aromatic amines is 1. The second kappa shape index (κ2) is 7.77. The van der Waals surface area contributed by atoms with Gasteiger partial charge in [-0.15, -0.1) is 0 Å². The minimum absolute atomic E-state index is 0.241. The van der Waals surface area contributed by atoms with E-state index in [4.69, 9.17) is 0 Å². The summed E-state index contributed by atoms with van der Waals surface area (Å²) in [5.41, 5.74) is 3.34. The van der Waals surface area contributed by atoms with E-state index in [1.165, 1.54) is 0 Å². The number of hydrogen-bond acceptors (Lipinski definition) is 5. The van der Waals surface area contributed by atoms with Crippen molar-refractivity contribution in [2.45, 2.75) is 40.3 Å². The number of anilines is 1. The number of H-pyrrole nitrogens is 1. The molecule has 0 aromatic carbocycles. The first-order valence-electron chi connectivity index (χ1n) is 8.49. The van der Waals surface area contributed by atoms with E-state index >= 15 is 0 Å². The zero-order valence-electron chi connectivity index (χ0n) is 15.1. The number of carbonyl (C=O) groups excluding carboxylic acids is 1. The maximum Gasteiger partial charge on any atom is 0.319 e. The van der Waals surface area contributed by atoms with Gasteiger partial charge in [0.25, 0.3) is 0 Å². The topological polar surface area (TPSA) is 113 Å². The Balaban J connectivity index is 1.59. The van der Waals surface area contributed by atoms with Gasteiger partial charge in [-0.3, -0.25) is 14.8 Å². The van der Waals surface area contributed by atoms with Crippen LogP contribution < -0.4 is 10.6 Å². The molecule has 0 saturated heterocycles. The molecule has 0 aliphatic heterocycles. The largest absolute Gasteiger partial charge is 0.331 e. The predicted molar refractivity (Wildman–Crippen MR) is 97.5 cm³/mol. The Morgan fingerprint density at radius 3 is 2.77 bits per heavy atom. The van der Waals surface area contributed by atoms with Crippen molar-refractivity contribution in [1.29, 1.82) is 0 Å². The summed E-state index contributed by atoms with van der Waals surface area (Å²) in [6.45, 7) is 6.99. The molecule has 0 spiro atoms. The second-order valence-corrected chi connectivity index (χ2v) is 5.92. The van der Waals surface area contributed by atoms with Crippen molar-refractivity contribution in [2.75, 3.05) is 5.32 Å². The number of pyridine rings is 1. The van der Waals surface area contributed by atoms with Gasteiger partial charge in [-0.2, -0.15) is 10.2 Å². The average Bonchev–Trinajstić information content (AvgIpc) is 3.22. The van der Waals surface area contributed by atoms with Crippen LogP contribution in [0.15, 0.2) is 24.5 Å². The molecule has 136 valence electrons. The van der Waals surface area contributed by atoms with Crippen molar-refractivity contribution in [3.8, 4) is 11.4 Å². The van der Waals surface area contributed by atoms with Crippen LogP contribution in [0.25, 0.3) is 11.4 Å². The van der Waals surface area contributed by atoms with Gasteiger partial charge in [0.1, 0.15) is 5.82 Å². The minimum atomic E-state index is -0.311. The van der Waals surface area contributed by atoms with Crippen molar-refractivity contribution in [3.05, 3.63) is 41.7 Å². The summed E-state index contributed by atoms with van der Waals surface area (Å²) >= 11 is 0. The van der Waals surface area contributed by atoms with E-state index in [9.17, 15) is 4.79 Å². The normalized spacial score (nSPS) is 10.7. The number of rotatable bonds is 6. The van der Waals surface area contributed by atoms with Crippen molar-refractivity contribution >= 4 is 11.7 Å². The first-order valence-corrected chi connectivity index (χ1v) is 8.49. The van der Waals surface area contributed by atoms with Crippen LogP contribution in [0.5, 0.6) is 0 Å². The molecule has 3 N–H and O–H groups in total. The van der Waals surface area contributed by atoms with E-state index in [0.717, 1.165) is 35.6 Å². The third kappa shape index (κ3) is 3.88. The number of nitrogens with one attached hydrogen (secondary N) is 3. The molecular formula is C17H22N8O. The van der Waals surface area contributed by atoms with E-state index in [2.05, 4.69) is 42.8 Å². The third-order valence-corrected chi connectivity index (χ3v) is 3.94. The molecule has 0 aliphatic carbocycles. The van der Waals surface area contributed by atoms with Gasteiger partial charge in [-0.1, -0.05) is 6.92 Å². The van der Waals surface area contributed by atoms with Gasteiger partial charge in [-0.05, 0) is 32.4 Å². The maximum absolute atomic E-state index is 12.2. The zero-order chi connectivity index (χ0) is 18.5. The highest BCUT2D eigenvalue weighted by atomic mass is 16.2. The van der Waals surface area contributed by atoms with Gasteiger partial charge in [0.15, 0.2) is 5.82 Å². The molecule has 9 nitrogen and oxygen atoms in total. The van der Waals surface area contributed by atoms with Crippen molar-refractivity contribution < 1.29 is 4.79 Å². The summed E-state index contributed by atoms with van der Waals surface area (Å²) in [6, 6.07) is 3.34. The van der Waals surface area contributed by atoms with Crippen LogP contribution >= 0.6 is 0 Å². The number of nitrogens with zero attached hydrogens (tertiary/aromatic N) is 5. The average molecular weight is 354 g/mol. The number of urea groups is 1. The summed E-state index contributed by atoms with van der Waals surface area (Å²) in [5.74, 6) is 1.14. The minimum Gasteiger partial charge on any atom is -0.331 e. The summed E-state index contributed by atoms with van der Waals surface area (Å²) in [7, 11) is 0. The van der Waals surface area contributed by atoms with E-state index in [0.29, 0.717) is 11.6 Å². The highest BCUT2D eigenvalue weighted by molar-refractivity contribution is 5.90. The summed E-state index contributed by atoms with van der Waals surface area (Å²) in [5, 5.41) is 17.1. The molecule has 0 fully saturated rings. The molecule has 3 aromatic heterocycles. The lowest BCUT2D eigenvalue weighted by molar-refractivity contribution is 0.251. The fraction of sp³-hybridized carbons (Fsp3) is 0.353. The standard InChI is InChI=1S/C17H22N8O/c1-4-9-25-12(3)15(11(2)24-25)21-17(26)19-10-14-20-16(23-22-14)13-5-7-18-8-6-13/h5-8H,4,9-10H2,1-3H3,(H2,19,21,26)(H,20,22,23). The van der Waals surface area contributed by atoms with Crippen molar-refractivity contribution in [2.24, 2.45) is 0 Å². The Kier molecular flexibility index (Phi) is 5.26. The number of hydrogen-bond donors (Lipinski definition) is 3. The summed E-state index contributed by atoms with van der Waals surface area (Å²) in [6.07, 6.45) is 4.35. The lowest BCUT2D eigenvalue weighted by Gasteiger charge is -2.07. The molecule has 3 aromatic rings. The van der Waals surface area contributed by atoms with Crippen molar-refractivity contribution in [3.63, 3.8) is 0 Å². The van der Waals surface area contributed by atoms with Gasteiger partial charge in [0.05, 0.1) is 23.6 Å². The van der Waals surface area contributed by atoms with Crippen LogP contribution in [0.1, 0.15) is 30.6 Å². The monoisotopic (exact) mass is 354 g/mol. The van der Waals surface area contributed by atoms with Crippen LogP contribution in [0, 0.1) is 13.8 Å². The van der Waals surface area contributed by atoms with Crippen LogP contribution in [0.3, 0.4) is 0 Å². The molecule has 0 bridgehead atoms. The summed E-state index contributed by atoms with van der Waals surface area (Å²) in [4.78, 5) is 20.5. The Morgan fingerprint density at radius 2 is 2.04 bits per heavy atom. The Morgan fingerprint density at radius 1 is 1.27 bits per heavy atom. The second-order valence-electron chi connectivity index (χ2n) is 5.92. The van der Waals surface area contributed by atoms with Crippen LogP contribution in [0.2, 0.25) is 0 Å². The lowest BCUT2D eigenvalue weighted by atomic mass is 10.2. The predicted octanol–water partition coefficient (Wildman–Crippen LogP) is 2.41. The van der Waals surface area contributed by atoms with Gasteiger partial charge >= 0.3 is 6.03 Å². The smallest absolute Gasteiger partial charge is 0.319 e. The van der Waals surface area contributed by atoms with E-state index < -0.39 is 0 Å². The fourth-order valence-corrected chi connectivity index (χ4v) is 2.63. The molecule has 26 heavy (non-hydrogen) atoms. The van der Waals surface area contributed by atoms with E-state index in [1.807, 2.05) is 30.7 Å². The Hall–Kier alpha value is -3.23. The molecule has 2 amide bonds. The van der Waals surface area contributed by atoms with Crippen LogP contribution in [-0.4, -0.2) is 36.0 Å². The number of carbonyl (C=O) groups is 1. The highest BCUT2D eigenvalue weighted by Crippen LogP contribution is 2.19. The first kappa shape index (κ1) is 17.6. The maximum atomic E-state index is 12.2. The van der Waals surface area contributed by atoms with Gasteiger partial charge < -0.3 is 10.6 Å².